The number of nitrogens with one attached hydrogen (secondary N) is 3. The van der Waals surface area contributed by atoms with Crippen molar-refractivity contribution >= 4 is 11.8 Å². The Labute approximate surface area is 284 Å². The molecular weight excluding hydrogens is 568 g/mol. The summed E-state index contributed by atoms with van der Waals surface area (Å²) < 4.78 is 0. The smallest absolute Gasteiger partial charge is 0.242 e. The number of nitrogens with zero attached hydrogens (tertiary/aromatic N) is 1. The largest absolute Gasteiger partial charge is 0.354 e. The SMILES string of the molecule is CCCCCCCC/C=C/CCCCCCCC(=O)NC(Cc1cnc[nH]1)C(=O)NCCCCCCCCCCCCCCCC. The molecule has 0 fully saturated rings. The van der Waals surface area contributed by atoms with Gasteiger partial charge in [0.05, 0.1) is 6.33 Å². The van der Waals surface area contributed by atoms with Crippen molar-refractivity contribution in [3.05, 3.63) is 30.4 Å². The van der Waals surface area contributed by atoms with Gasteiger partial charge in [0, 0.05) is 31.3 Å². The maximum atomic E-state index is 13.0. The van der Waals surface area contributed by atoms with E-state index in [1.165, 1.54) is 141 Å². The summed E-state index contributed by atoms with van der Waals surface area (Å²) >= 11 is 0. The minimum atomic E-state index is -0.567. The molecule has 1 aromatic heterocycles. The van der Waals surface area contributed by atoms with Crippen LogP contribution in [0, 0.1) is 0 Å². The van der Waals surface area contributed by atoms with Crippen molar-refractivity contribution in [3.63, 3.8) is 0 Å². The molecule has 0 spiro atoms. The zero-order valence-electron chi connectivity index (χ0n) is 30.4. The highest BCUT2D eigenvalue weighted by molar-refractivity contribution is 5.87. The minimum absolute atomic E-state index is 0.0335. The van der Waals surface area contributed by atoms with Gasteiger partial charge in [0.25, 0.3) is 0 Å². The fourth-order valence-electron chi connectivity index (χ4n) is 6.10. The molecule has 1 aromatic rings. The molecule has 266 valence electrons. The van der Waals surface area contributed by atoms with Gasteiger partial charge in [0.2, 0.25) is 11.8 Å². The van der Waals surface area contributed by atoms with Crippen LogP contribution in [0.1, 0.15) is 199 Å². The maximum absolute atomic E-state index is 13.0. The summed E-state index contributed by atoms with van der Waals surface area (Å²) in [4.78, 5) is 32.8. The first-order valence-electron chi connectivity index (χ1n) is 19.9. The first kappa shape index (κ1) is 41.9. The highest BCUT2D eigenvalue weighted by Crippen LogP contribution is 2.13. The van der Waals surface area contributed by atoms with Crippen LogP contribution in [-0.4, -0.2) is 34.4 Å². The topological polar surface area (TPSA) is 86.9 Å². The molecule has 0 bridgehead atoms. The van der Waals surface area contributed by atoms with Gasteiger partial charge in [-0.15, -0.1) is 0 Å². The maximum Gasteiger partial charge on any atom is 0.242 e. The molecular formula is C40H74N4O2. The van der Waals surface area contributed by atoms with Gasteiger partial charge in [-0.25, -0.2) is 4.98 Å². The molecule has 2 amide bonds. The monoisotopic (exact) mass is 643 g/mol. The van der Waals surface area contributed by atoms with Gasteiger partial charge >= 0.3 is 0 Å². The third kappa shape index (κ3) is 27.0. The number of hydrogen-bond donors (Lipinski definition) is 3. The number of aromatic nitrogens is 2. The van der Waals surface area contributed by atoms with E-state index in [4.69, 9.17) is 0 Å². The number of carbonyl (C=O) groups is 2. The second kappa shape index (κ2) is 32.8. The van der Waals surface area contributed by atoms with E-state index in [1.807, 2.05) is 0 Å². The van der Waals surface area contributed by atoms with Crippen LogP contribution in [0.3, 0.4) is 0 Å². The Hall–Kier alpha value is -2.11. The average Bonchev–Trinajstić information content (AvgIpc) is 3.57. The van der Waals surface area contributed by atoms with E-state index in [1.54, 1.807) is 12.5 Å². The Morgan fingerprint density at radius 3 is 1.59 bits per heavy atom. The number of hydrogen-bond acceptors (Lipinski definition) is 3. The van der Waals surface area contributed by atoms with Crippen LogP contribution in [0.25, 0.3) is 0 Å². The molecule has 1 atom stereocenters. The molecule has 0 aliphatic heterocycles. The molecule has 0 aliphatic rings. The number of allylic oxidation sites excluding steroid dienone is 2. The lowest BCUT2D eigenvalue weighted by Gasteiger charge is -2.18. The van der Waals surface area contributed by atoms with Crippen LogP contribution in [0.5, 0.6) is 0 Å². The number of aromatic amines is 1. The van der Waals surface area contributed by atoms with Crippen molar-refractivity contribution in [3.8, 4) is 0 Å². The highest BCUT2D eigenvalue weighted by atomic mass is 16.2. The van der Waals surface area contributed by atoms with Gasteiger partial charge in [0.1, 0.15) is 6.04 Å². The lowest BCUT2D eigenvalue weighted by atomic mass is 10.0. The second-order valence-electron chi connectivity index (χ2n) is 13.6. The number of unbranched alkanes of at least 4 members (excludes halogenated alkanes) is 24. The zero-order valence-corrected chi connectivity index (χ0v) is 30.4. The summed E-state index contributed by atoms with van der Waals surface area (Å²) in [6, 6.07) is -0.567. The van der Waals surface area contributed by atoms with Gasteiger partial charge in [0.15, 0.2) is 0 Å². The molecule has 6 nitrogen and oxygen atoms in total. The number of rotatable bonds is 34. The Balaban J connectivity index is 2.09. The van der Waals surface area contributed by atoms with Crippen molar-refractivity contribution in [2.24, 2.45) is 0 Å². The quantitative estimate of drug-likeness (QED) is 0.0516. The first-order valence-corrected chi connectivity index (χ1v) is 19.9. The van der Waals surface area contributed by atoms with Gasteiger partial charge in [-0.1, -0.05) is 161 Å². The fourth-order valence-corrected chi connectivity index (χ4v) is 6.10. The van der Waals surface area contributed by atoms with Gasteiger partial charge in [-0.3, -0.25) is 9.59 Å². The van der Waals surface area contributed by atoms with E-state index in [0.29, 0.717) is 19.4 Å². The van der Waals surface area contributed by atoms with E-state index in [-0.39, 0.29) is 11.8 Å². The molecule has 46 heavy (non-hydrogen) atoms. The number of H-pyrrole nitrogens is 1. The molecule has 0 aromatic carbocycles. The lowest BCUT2D eigenvalue weighted by Crippen LogP contribution is -2.48. The molecule has 6 heteroatoms. The van der Waals surface area contributed by atoms with E-state index in [0.717, 1.165) is 37.8 Å². The predicted molar refractivity (Wildman–Crippen MR) is 197 cm³/mol. The van der Waals surface area contributed by atoms with Crippen LogP contribution in [0.2, 0.25) is 0 Å². The third-order valence-corrected chi connectivity index (χ3v) is 9.13. The molecule has 3 N–H and O–H groups in total. The number of amides is 2. The molecule has 1 unspecified atom stereocenters. The Morgan fingerprint density at radius 2 is 1.11 bits per heavy atom. The summed E-state index contributed by atoms with van der Waals surface area (Å²) in [6.45, 7) is 5.21. The molecule has 0 aliphatic carbocycles. The normalized spacial score (nSPS) is 12.1. The van der Waals surface area contributed by atoms with Crippen molar-refractivity contribution < 1.29 is 9.59 Å². The first-order chi connectivity index (χ1) is 22.7. The van der Waals surface area contributed by atoms with Gasteiger partial charge < -0.3 is 15.6 Å². The van der Waals surface area contributed by atoms with Crippen molar-refractivity contribution in [2.45, 2.75) is 206 Å². The molecule has 0 saturated heterocycles. The van der Waals surface area contributed by atoms with Crippen molar-refractivity contribution in [1.82, 2.24) is 20.6 Å². The number of imidazole rings is 1. The average molecular weight is 643 g/mol. The Bertz CT molecular complexity index is 823. The molecule has 1 rings (SSSR count). The van der Waals surface area contributed by atoms with E-state index in [2.05, 4.69) is 46.6 Å². The van der Waals surface area contributed by atoms with Crippen LogP contribution >= 0.6 is 0 Å². The second-order valence-corrected chi connectivity index (χ2v) is 13.6. The van der Waals surface area contributed by atoms with Gasteiger partial charge in [-0.05, 0) is 38.5 Å². The Kier molecular flexibility index (Phi) is 29.9. The van der Waals surface area contributed by atoms with Gasteiger partial charge in [-0.2, -0.15) is 0 Å². The van der Waals surface area contributed by atoms with Crippen LogP contribution < -0.4 is 10.6 Å². The van der Waals surface area contributed by atoms with E-state index in [9.17, 15) is 9.59 Å². The van der Waals surface area contributed by atoms with E-state index >= 15 is 0 Å². The fraction of sp³-hybridized carbons (Fsp3) is 0.825. The summed E-state index contributed by atoms with van der Waals surface area (Å²) in [5, 5.41) is 6.07. The van der Waals surface area contributed by atoms with Crippen LogP contribution in [0.15, 0.2) is 24.7 Å². The summed E-state index contributed by atoms with van der Waals surface area (Å²) in [6.07, 6.45) is 43.5. The van der Waals surface area contributed by atoms with Crippen LogP contribution in [0.4, 0.5) is 0 Å². The van der Waals surface area contributed by atoms with E-state index < -0.39 is 6.04 Å². The van der Waals surface area contributed by atoms with Crippen molar-refractivity contribution in [1.29, 1.82) is 0 Å². The molecule has 0 saturated carbocycles. The molecule has 0 radical (unpaired) electrons. The Morgan fingerprint density at radius 1 is 0.652 bits per heavy atom. The minimum Gasteiger partial charge on any atom is -0.354 e. The zero-order chi connectivity index (χ0) is 33.2. The summed E-state index contributed by atoms with van der Waals surface area (Å²) in [5.41, 5.74) is 0.859. The molecule has 1 heterocycles. The third-order valence-electron chi connectivity index (χ3n) is 9.13. The van der Waals surface area contributed by atoms with Crippen LogP contribution in [-0.2, 0) is 16.0 Å². The van der Waals surface area contributed by atoms with Crippen molar-refractivity contribution in [2.75, 3.05) is 6.54 Å². The summed E-state index contributed by atoms with van der Waals surface area (Å²) in [7, 11) is 0. The number of carbonyl (C=O) groups excluding carboxylic acids is 2. The lowest BCUT2D eigenvalue weighted by molar-refractivity contribution is -0.129. The highest BCUT2D eigenvalue weighted by Gasteiger charge is 2.21. The predicted octanol–water partition coefficient (Wildman–Crippen LogP) is 11.1. The standard InChI is InChI=1S/C40H74N4O2/c1-3-5-7-9-11-13-15-17-19-20-22-24-26-28-30-32-39(45)44-38(34-37-35-41-36-43-37)40(46)42-33-31-29-27-25-23-21-18-16-14-12-10-8-6-4-2/h17,19,35-36,38H,3-16,18,20-34H2,1-2H3,(H,41,43)(H,42,46)(H,44,45)/b19-17+. The summed E-state index contributed by atoms with van der Waals surface area (Å²) in [5.74, 6) is -0.129.